The molecule has 2 aliphatic heterocycles. The summed E-state index contributed by atoms with van der Waals surface area (Å²) in [4.78, 5) is 4.41. The Morgan fingerprint density at radius 1 is 0.613 bits per heavy atom. The van der Waals surface area contributed by atoms with Crippen LogP contribution in [0, 0.1) is 0 Å². The summed E-state index contributed by atoms with van der Waals surface area (Å²) in [5.74, 6) is 0. The van der Waals surface area contributed by atoms with Gasteiger partial charge in [-0.3, -0.25) is 14.2 Å². The third-order valence-electron chi connectivity index (χ3n) is 6.44. The Hall–Kier alpha value is -3.68. The standard InChI is InChI=1S/C27H17N2OP/c30-31-26-12-6-4-10-22(26)21-13-14-28-17-25(21)29(31)24-11-5-3-9-20(24)23-15-18-7-1-2-8-19(18)16-27(23)31/h1-17H. The van der Waals surface area contributed by atoms with Crippen LogP contribution in [0.1, 0.15) is 0 Å². The maximum atomic E-state index is 15.3. The van der Waals surface area contributed by atoms with Crippen LogP contribution in [0.3, 0.4) is 0 Å². The van der Waals surface area contributed by atoms with E-state index in [1.165, 1.54) is 0 Å². The number of rotatable bonds is 0. The van der Waals surface area contributed by atoms with Crippen LogP contribution in [0.15, 0.2) is 103 Å². The molecule has 0 spiro atoms. The summed E-state index contributed by atoms with van der Waals surface area (Å²) in [6.45, 7) is 0. The zero-order chi connectivity index (χ0) is 20.6. The predicted octanol–water partition coefficient (Wildman–Crippen LogP) is 6.26. The third kappa shape index (κ3) is 2.09. The lowest BCUT2D eigenvalue weighted by molar-refractivity contribution is 0.586. The molecule has 146 valence electrons. The van der Waals surface area contributed by atoms with E-state index in [1.54, 1.807) is 0 Å². The minimum atomic E-state index is -3.17. The SMILES string of the molecule is O=P12c3ccccc3-c3ccncc3N1c1ccccc1-c1cc3ccccc3cc12. The van der Waals surface area contributed by atoms with Crippen LogP contribution in [-0.2, 0) is 4.57 Å². The van der Waals surface area contributed by atoms with Crippen LogP contribution in [0.25, 0.3) is 33.0 Å². The highest BCUT2D eigenvalue weighted by molar-refractivity contribution is 7.81. The lowest BCUT2D eigenvalue weighted by atomic mass is 9.98. The fourth-order valence-corrected chi connectivity index (χ4v) is 8.37. The van der Waals surface area contributed by atoms with E-state index >= 15 is 4.57 Å². The normalized spacial score (nSPS) is 17.9. The second-order valence-corrected chi connectivity index (χ2v) is 10.5. The highest BCUT2D eigenvalue weighted by atomic mass is 31.2. The molecule has 1 unspecified atom stereocenters. The fraction of sp³-hybridized carbons (Fsp3) is 0. The van der Waals surface area contributed by atoms with Gasteiger partial charge < -0.3 is 0 Å². The van der Waals surface area contributed by atoms with Crippen molar-refractivity contribution in [2.45, 2.75) is 0 Å². The van der Waals surface area contributed by atoms with Gasteiger partial charge in [-0.05, 0) is 52.2 Å². The van der Waals surface area contributed by atoms with Gasteiger partial charge in [-0.25, -0.2) is 0 Å². The Morgan fingerprint density at radius 2 is 1.29 bits per heavy atom. The Labute approximate surface area is 180 Å². The highest BCUT2D eigenvalue weighted by Gasteiger charge is 2.47. The van der Waals surface area contributed by atoms with Gasteiger partial charge in [0.05, 0.1) is 17.6 Å². The molecular weight excluding hydrogens is 399 g/mol. The average molecular weight is 416 g/mol. The minimum absolute atomic E-state index is 0.889. The number of pyridine rings is 1. The summed E-state index contributed by atoms with van der Waals surface area (Å²) < 4.78 is 17.4. The Kier molecular flexibility index (Phi) is 3.26. The summed E-state index contributed by atoms with van der Waals surface area (Å²) in [6, 6.07) is 31.0. The zero-order valence-electron chi connectivity index (χ0n) is 16.6. The van der Waals surface area contributed by atoms with Gasteiger partial charge in [0.2, 0.25) is 7.29 Å². The van der Waals surface area contributed by atoms with E-state index in [2.05, 4.69) is 64.3 Å². The highest BCUT2D eigenvalue weighted by Crippen LogP contribution is 2.65. The number of hydrogen-bond donors (Lipinski definition) is 0. The fourth-order valence-electron chi connectivity index (χ4n) is 5.11. The van der Waals surface area contributed by atoms with Gasteiger partial charge in [0.1, 0.15) is 0 Å². The van der Waals surface area contributed by atoms with Crippen molar-refractivity contribution >= 4 is 40.0 Å². The van der Waals surface area contributed by atoms with E-state index in [0.717, 1.165) is 55.0 Å². The van der Waals surface area contributed by atoms with Crippen molar-refractivity contribution < 1.29 is 4.57 Å². The lowest BCUT2D eigenvalue weighted by Crippen LogP contribution is -2.37. The van der Waals surface area contributed by atoms with E-state index in [1.807, 2.05) is 48.8 Å². The number of nitrogens with zero attached hydrogens (tertiary/aromatic N) is 2. The predicted molar refractivity (Wildman–Crippen MR) is 128 cm³/mol. The smallest absolute Gasteiger partial charge is 0.235 e. The second-order valence-electron chi connectivity index (χ2n) is 8.03. The molecule has 1 aromatic heterocycles. The summed E-state index contributed by atoms with van der Waals surface area (Å²) in [6.07, 6.45) is 3.66. The van der Waals surface area contributed by atoms with Crippen LogP contribution < -0.4 is 15.3 Å². The first-order valence-corrected chi connectivity index (χ1v) is 12.0. The van der Waals surface area contributed by atoms with Crippen molar-refractivity contribution in [1.29, 1.82) is 0 Å². The first kappa shape index (κ1) is 17.0. The molecule has 0 aliphatic carbocycles. The molecule has 0 saturated heterocycles. The van der Waals surface area contributed by atoms with Crippen molar-refractivity contribution in [3.63, 3.8) is 0 Å². The molecule has 1 atom stereocenters. The molecule has 0 N–H and O–H groups in total. The first-order valence-electron chi connectivity index (χ1n) is 10.3. The second kappa shape index (κ2) is 5.94. The molecule has 0 radical (unpaired) electrons. The molecule has 31 heavy (non-hydrogen) atoms. The molecule has 2 aliphatic rings. The maximum Gasteiger partial charge on any atom is 0.235 e. The van der Waals surface area contributed by atoms with Crippen LogP contribution in [-0.4, -0.2) is 4.98 Å². The molecule has 4 aromatic carbocycles. The third-order valence-corrected chi connectivity index (χ3v) is 9.50. The van der Waals surface area contributed by atoms with E-state index < -0.39 is 7.29 Å². The number of benzene rings is 4. The van der Waals surface area contributed by atoms with Gasteiger partial charge in [0.25, 0.3) is 0 Å². The molecule has 7 rings (SSSR count). The monoisotopic (exact) mass is 416 g/mol. The van der Waals surface area contributed by atoms with E-state index in [4.69, 9.17) is 0 Å². The van der Waals surface area contributed by atoms with Crippen LogP contribution in [0.2, 0.25) is 0 Å². The molecule has 3 nitrogen and oxygen atoms in total. The molecule has 0 amide bonds. The van der Waals surface area contributed by atoms with E-state index in [0.29, 0.717) is 0 Å². The van der Waals surface area contributed by atoms with Crippen LogP contribution >= 0.6 is 7.29 Å². The molecular formula is C27H17N2OP. The number of anilines is 2. The molecule has 3 heterocycles. The average Bonchev–Trinajstić information content (AvgIpc) is 2.83. The summed E-state index contributed by atoms with van der Waals surface area (Å²) >= 11 is 0. The number of fused-ring (bicyclic) bond motifs is 12. The van der Waals surface area contributed by atoms with Crippen molar-refractivity contribution in [2.75, 3.05) is 4.67 Å². The van der Waals surface area contributed by atoms with Crippen LogP contribution in [0.5, 0.6) is 0 Å². The molecule has 0 fully saturated rings. The zero-order valence-corrected chi connectivity index (χ0v) is 17.5. The van der Waals surface area contributed by atoms with Gasteiger partial charge in [0.15, 0.2) is 0 Å². The lowest BCUT2D eigenvalue weighted by Gasteiger charge is -2.44. The van der Waals surface area contributed by atoms with Crippen molar-refractivity contribution in [1.82, 2.24) is 4.98 Å². The van der Waals surface area contributed by atoms with Gasteiger partial charge in [-0.15, -0.1) is 0 Å². The Morgan fingerprint density at radius 3 is 2.16 bits per heavy atom. The number of para-hydroxylation sites is 1. The summed E-state index contributed by atoms with van der Waals surface area (Å²) in [5.41, 5.74) is 6.11. The van der Waals surface area contributed by atoms with Gasteiger partial charge >= 0.3 is 0 Å². The molecule has 4 heteroatoms. The van der Waals surface area contributed by atoms with Gasteiger partial charge in [-0.1, -0.05) is 60.7 Å². The first-order chi connectivity index (χ1) is 15.3. The minimum Gasteiger partial charge on any atom is -0.289 e. The molecule has 5 aromatic rings. The van der Waals surface area contributed by atoms with Crippen molar-refractivity contribution in [3.8, 4) is 22.3 Å². The van der Waals surface area contributed by atoms with E-state index in [-0.39, 0.29) is 0 Å². The van der Waals surface area contributed by atoms with Crippen molar-refractivity contribution in [3.05, 3.63) is 103 Å². The quantitative estimate of drug-likeness (QED) is 0.279. The van der Waals surface area contributed by atoms with E-state index in [9.17, 15) is 0 Å². The van der Waals surface area contributed by atoms with Crippen LogP contribution in [0.4, 0.5) is 11.4 Å². The van der Waals surface area contributed by atoms with Crippen molar-refractivity contribution in [2.24, 2.45) is 0 Å². The largest absolute Gasteiger partial charge is 0.289 e. The Balaban J connectivity index is 1.70. The molecule has 0 saturated carbocycles. The maximum absolute atomic E-state index is 15.3. The molecule has 0 bridgehead atoms. The van der Waals surface area contributed by atoms with Gasteiger partial charge in [0, 0.05) is 27.9 Å². The topological polar surface area (TPSA) is 33.2 Å². The number of aromatic nitrogens is 1. The number of hydrogen-bond acceptors (Lipinski definition) is 2. The Bertz CT molecular complexity index is 1590. The summed E-state index contributed by atoms with van der Waals surface area (Å²) in [5, 5.41) is 4.04. The summed E-state index contributed by atoms with van der Waals surface area (Å²) in [7, 11) is -3.17. The van der Waals surface area contributed by atoms with Gasteiger partial charge in [-0.2, -0.15) is 0 Å².